The van der Waals surface area contributed by atoms with Crippen molar-refractivity contribution in [3.63, 3.8) is 0 Å². The first kappa shape index (κ1) is 3.50. The van der Waals surface area contributed by atoms with Gasteiger partial charge in [0.05, 0.1) is 0 Å². The zero-order chi connectivity index (χ0) is 3.70. The molecule has 1 fully saturated rings. The van der Waals surface area contributed by atoms with Gasteiger partial charge >= 0.3 is 0 Å². The molecule has 1 heterocycles. The van der Waals surface area contributed by atoms with Gasteiger partial charge < -0.3 is 0 Å². The number of thiol groups is 1. The summed E-state index contributed by atoms with van der Waals surface area (Å²) in [6.45, 7) is 2.37. The SMILES string of the molecule is SN1CCC1. The second-order valence-electron chi connectivity index (χ2n) is 1.31. The summed E-state index contributed by atoms with van der Waals surface area (Å²) in [6.07, 6.45) is 1.34. The van der Waals surface area contributed by atoms with E-state index >= 15 is 0 Å². The lowest BCUT2D eigenvalue weighted by Gasteiger charge is -2.23. The van der Waals surface area contributed by atoms with E-state index in [9.17, 15) is 0 Å². The third kappa shape index (κ3) is 0.578. The molecule has 0 aromatic rings. The van der Waals surface area contributed by atoms with Crippen LogP contribution >= 0.6 is 12.8 Å². The average molecular weight is 89.2 g/mol. The van der Waals surface area contributed by atoms with Crippen LogP contribution in [0.1, 0.15) is 6.42 Å². The Morgan fingerprint density at radius 3 is 1.80 bits per heavy atom. The summed E-state index contributed by atoms with van der Waals surface area (Å²) >= 11 is 4.02. The van der Waals surface area contributed by atoms with Crippen LogP contribution in [0.5, 0.6) is 0 Å². The number of hydrogen-bond donors (Lipinski definition) is 1. The van der Waals surface area contributed by atoms with E-state index in [1.807, 2.05) is 4.31 Å². The molecule has 0 spiro atoms. The highest BCUT2D eigenvalue weighted by Gasteiger charge is 2.06. The van der Waals surface area contributed by atoms with Gasteiger partial charge in [0.25, 0.3) is 0 Å². The van der Waals surface area contributed by atoms with E-state index in [0.29, 0.717) is 0 Å². The molecule has 1 nitrogen and oxygen atoms in total. The van der Waals surface area contributed by atoms with E-state index in [4.69, 9.17) is 0 Å². The van der Waals surface area contributed by atoms with Gasteiger partial charge in [-0.15, -0.1) is 0 Å². The molecule has 0 saturated carbocycles. The highest BCUT2D eigenvalue weighted by molar-refractivity contribution is 7.77. The third-order valence-corrected chi connectivity index (χ3v) is 1.23. The van der Waals surface area contributed by atoms with E-state index in [1.165, 1.54) is 19.5 Å². The van der Waals surface area contributed by atoms with Crippen LogP contribution in [0.3, 0.4) is 0 Å². The van der Waals surface area contributed by atoms with Crippen LogP contribution < -0.4 is 0 Å². The number of rotatable bonds is 0. The molecule has 1 aliphatic rings. The van der Waals surface area contributed by atoms with Crippen molar-refractivity contribution in [2.75, 3.05) is 13.1 Å². The van der Waals surface area contributed by atoms with Gasteiger partial charge in [-0.25, -0.2) is 0 Å². The topological polar surface area (TPSA) is 3.24 Å². The van der Waals surface area contributed by atoms with E-state index in [2.05, 4.69) is 12.8 Å². The summed E-state index contributed by atoms with van der Waals surface area (Å²) in [7, 11) is 0. The van der Waals surface area contributed by atoms with Gasteiger partial charge in [0.2, 0.25) is 0 Å². The van der Waals surface area contributed by atoms with Crippen molar-refractivity contribution in [1.29, 1.82) is 0 Å². The molecule has 0 N–H and O–H groups in total. The van der Waals surface area contributed by atoms with Crippen molar-refractivity contribution in [2.45, 2.75) is 6.42 Å². The van der Waals surface area contributed by atoms with Gasteiger partial charge in [-0.1, -0.05) is 12.8 Å². The molecule has 0 aromatic heterocycles. The predicted molar refractivity (Wildman–Crippen MR) is 25.2 cm³/mol. The van der Waals surface area contributed by atoms with Gasteiger partial charge in [-0.3, -0.25) is 4.31 Å². The van der Waals surface area contributed by atoms with E-state index in [1.54, 1.807) is 0 Å². The van der Waals surface area contributed by atoms with Gasteiger partial charge in [0, 0.05) is 13.1 Å². The van der Waals surface area contributed by atoms with Crippen molar-refractivity contribution >= 4 is 12.8 Å². The summed E-state index contributed by atoms with van der Waals surface area (Å²) in [6, 6.07) is 0. The fourth-order valence-electron chi connectivity index (χ4n) is 0.300. The minimum atomic E-state index is 1.18. The molecule has 1 aliphatic heterocycles. The van der Waals surface area contributed by atoms with Gasteiger partial charge in [0.15, 0.2) is 0 Å². The van der Waals surface area contributed by atoms with E-state index in [-0.39, 0.29) is 0 Å². The lowest BCUT2D eigenvalue weighted by molar-refractivity contribution is 0.348. The third-order valence-electron chi connectivity index (χ3n) is 0.832. The monoisotopic (exact) mass is 89.0 g/mol. The summed E-state index contributed by atoms with van der Waals surface area (Å²) in [4.78, 5) is 0. The van der Waals surface area contributed by atoms with Crippen LogP contribution in [0.15, 0.2) is 0 Å². The minimum Gasteiger partial charge on any atom is -0.253 e. The second kappa shape index (κ2) is 1.19. The Hall–Kier alpha value is 0.310. The lowest BCUT2D eigenvalue weighted by atomic mass is 10.3. The molecule has 1 saturated heterocycles. The zero-order valence-electron chi connectivity index (χ0n) is 3.02. The molecule has 0 radical (unpaired) electrons. The molecule has 0 bridgehead atoms. The minimum absolute atomic E-state index is 1.18. The summed E-state index contributed by atoms with van der Waals surface area (Å²) in [5, 5.41) is 0. The Balaban J connectivity index is 2.08. The van der Waals surface area contributed by atoms with Crippen LogP contribution in [-0.2, 0) is 0 Å². The van der Waals surface area contributed by atoms with Crippen LogP contribution in [0.25, 0.3) is 0 Å². The lowest BCUT2D eigenvalue weighted by Crippen LogP contribution is -2.27. The van der Waals surface area contributed by atoms with Crippen LogP contribution in [-0.4, -0.2) is 17.4 Å². The Morgan fingerprint density at radius 1 is 1.40 bits per heavy atom. The molecule has 0 unspecified atom stereocenters. The first-order chi connectivity index (χ1) is 2.39. The van der Waals surface area contributed by atoms with Crippen molar-refractivity contribution in [1.82, 2.24) is 4.31 Å². The van der Waals surface area contributed by atoms with Gasteiger partial charge in [-0.05, 0) is 6.42 Å². The van der Waals surface area contributed by atoms with Crippen molar-refractivity contribution in [3.05, 3.63) is 0 Å². The Bertz CT molecular complexity index is 33.9. The van der Waals surface area contributed by atoms with E-state index < -0.39 is 0 Å². The molecule has 5 heavy (non-hydrogen) atoms. The first-order valence-electron chi connectivity index (χ1n) is 1.83. The maximum absolute atomic E-state index is 4.02. The van der Waals surface area contributed by atoms with Gasteiger partial charge in [-0.2, -0.15) is 0 Å². The summed E-state index contributed by atoms with van der Waals surface area (Å²) in [5.41, 5.74) is 0. The first-order valence-corrected chi connectivity index (χ1v) is 2.23. The molecule has 1 rings (SSSR count). The van der Waals surface area contributed by atoms with Crippen molar-refractivity contribution < 1.29 is 0 Å². The maximum atomic E-state index is 4.02. The summed E-state index contributed by atoms with van der Waals surface area (Å²) in [5.74, 6) is 0. The molecule has 2 heteroatoms. The predicted octanol–water partition coefficient (Wildman–Crippen LogP) is 0.537. The smallest absolute Gasteiger partial charge is 0.00995 e. The molecule has 30 valence electrons. The Labute approximate surface area is 37.5 Å². The molecule has 0 aliphatic carbocycles. The highest BCUT2D eigenvalue weighted by atomic mass is 32.1. The van der Waals surface area contributed by atoms with E-state index in [0.717, 1.165) is 0 Å². The molecular formula is C3H7NS. The zero-order valence-corrected chi connectivity index (χ0v) is 3.91. The quantitative estimate of drug-likeness (QED) is 0.424. The largest absolute Gasteiger partial charge is 0.253 e. The fourth-order valence-corrected chi connectivity index (χ4v) is 0.582. The Kier molecular flexibility index (Phi) is 0.830. The van der Waals surface area contributed by atoms with Gasteiger partial charge in [0.1, 0.15) is 0 Å². The number of hydrogen-bond acceptors (Lipinski definition) is 2. The normalized spacial score (nSPS) is 25.8. The van der Waals surface area contributed by atoms with Crippen molar-refractivity contribution in [2.24, 2.45) is 0 Å². The fraction of sp³-hybridized carbons (Fsp3) is 1.00. The second-order valence-corrected chi connectivity index (χ2v) is 1.87. The number of nitrogens with zero attached hydrogens (tertiary/aromatic N) is 1. The molecule has 0 atom stereocenters. The van der Waals surface area contributed by atoms with Crippen LogP contribution in [0.2, 0.25) is 0 Å². The maximum Gasteiger partial charge on any atom is 0.00995 e. The standard InChI is InChI=1S/C3H7NS/c5-4-2-1-3-4/h5H,1-3H2. The summed E-state index contributed by atoms with van der Waals surface area (Å²) < 4.78 is 2.00. The molecule has 0 aromatic carbocycles. The molecule has 0 amide bonds. The average Bonchev–Trinajstić information content (AvgIpc) is 1.30. The highest BCUT2D eigenvalue weighted by Crippen LogP contribution is 2.05. The van der Waals surface area contributed by atoms with Crippen molar-refractivity contribution in [3.8, 4) is 0 Å². The molecular weight excluding hydrogens is 82.1 g/mol. The van der Waals surface area contributed by atoms with Crippen LogP contribution in [0, 0.1) is 0 Å². The Morgan fingerprint density at radius 2 is 1.80 bits per heavy atom. The van der Waals surface area contributed by atoms with Crippen LogP contribution in [0.4, 0.5) is 0 Å².